The lowest BCUT2D eigenvalue weighted by Gasteiger charge is -2.08. The molecule has 0 unspecified atom stereocenters. The van der Waals surface area contributed by atoms with E-state index in [-0.39, 0.29) is 5.69 Å². The molecule has 0 fully saturated rings. The highest BCUT2D eigenvalue weighted by Crippen LogP contribution is 2.23. The largest absolute Gasteiger partial charge is 0.573 e. The van der Waals surface area contributed by atoms with Crippen molar-refractivity contribution in [1.82, 2.24) is 4.98 Å². The van der Waals surface area contributed by atoms with E-state index < -0.39 is 12.1 Å². The van der Waals surface area contributed by atoms with Gasteiger partial charge >= 0.3 is 6.36 Å². The topological polar surface area (TPSA) is 45.9 Å². The Kier molecular flexibility index (Phi) is 2.37. The summed E-state index contributed by atoms with van der Waals surface area (Å²) in [4.78, 5) is 3.40. The third-order valence-corrected chi connectivity index (χ3v) is 1.10. The highest BCUT2D eigenvalue weighted by molar-refractivity contribution is 5.36. The zero-order valence-electron chi connectivity index (χ0n) is 6.17. The first-order valence-electron chi connectivity index (χ1n) is 3.14. The molecule has 1 rings (SSSR count). The summed E-state index contributed by atoms with van der Waals surface area (Å²) in [5, 5.41) is 8.36. The number of ether oxygens (including phenoxy) is 1. The second-order valence-corrected chi connectivity index (χ2v) is 2.01. The van der Waals surface area contributed by atoms with E-state index in [1.54, 1.807) is 0 Å². The molecule has 0 aliphatic heterocycles. The van der Waals surface area contributed by atoms with Crippen LogP contribution in [0.5, 0.6) is 5.75 Å². The lowest BCUT2D eigenvalue weighted by molar-refractivity contribution is -0.274. The minimum absolute atomic E-state index is 0.389. The molecule has 68 valence electrons. The predicted molar refractivity (Wildman–Crippen MR) is 35.6 cm³/mol. The van der Waals surface area contributed by atoms with Crippen molar-refractivity contribution in [3.8, 4) is 11.8 Å². The molecule has 0 radical (unpaired) electrons. The first kappa shape index (κ1) is 9.32. The summed E-state index contributed by atoms with van der Waals surface area (Å²) >= 11 is 0. The van der Waals surface area contributed by atoms with E-state index in [4.69, 9.17) is 5.26 Å². The van der Waals surface area contributed by atoms with Crippen LogP contribution < -0.4 is 4.74 Å². The van der Waals surface area contributed by atoms with Gasteiger partial charge in [-0.2, -0.15) is 5.26 Å². The molecule has 13 heavy (non-hydrogen) atoms. The van der Waals surface area contributed by atoms with Gasteiger partial charge < -0.3 is 4.74 Å². The molecule has 0 aliphatic carbocycles. The Hall–Kier alpha value is -1.77. The van der Waals surface area contributed by atoms with Crippen LogP contribution in [0.15, 0.2) is 18.3 Å². The van der Waals surface area contributed by atoms with Gasteiger partial charge in [-0.3, -0.25) is 0 Å². The third-order valence-electron chi connectivity index (χ3n) is 1.10. The molecule has 3 nitrogen and oxygen atoms in total. The van der Waals surface area contributed by atoms with Crippen LogP contribution in [0.25, 0.3) is 0 Å². The first-order chi connectivity index (χ1) is 6.03. The van der Waals surface area contributed by atoms with Crippen molar-refractivity contribution in [3.63, 3.8) is 0 Å². The van der Waals surface area contributed by atoms with E-state index in [0.717, 1.165) is 6.07 Å². The monoisotopic (exact) mass is 188 g/mol. The Labute approximate surface area is 71.4 Å². The highest BCUT2D eigenvalue weighted by Gasteiger charge is 2.32. The molecule has 6 heteroatoms. The molecule has 0 aliphatic rings. The van der Waals surface area contributed by atoms with Crippen LogP contribution in [0.3, 0.4) is 0 Å². The Morgan fingerprint density at radius 1 is 1.46 bits per heavy atom. The number of halogens is 3. The number of pyridine rings is 1. The summed E-state index contributed by atoms with van der Waals surface area (Å²) in [7, 11) is 0. The molecule has 0 saturated carbocycles. The fourth-order valence-corrected chi connectivity index (χ4v) is 0.682. The molecule has 0 atom stereocenters. The van der Waals surface area contributed by atoms with Gasteiger partial charge in [-0.05, 0) is 12.1 Å². The van der Waals surface area contributed by atoms with Crippen LogP contribution in [-0.4, -0.2) is 11.3 Å². The average molecular weight is 188 g/mol. The second kappa shape index (κ2) is 3.31. The quantitative estimate of drug-likeness (QED) is 0.675. The zero-order chi connectivity index (χ0) is 9.90. The molecule has 0 saturated heterocycles. The van der Waals surface area contributed by atoms with Crippen molar-refractivity contribution in [1.29, 1.82) is 5.26 Å². The SMILES string of the molecule is N#Cc1ncccc1OC(F)(F)F. The van der Waals surface area contributed by atoms with Gasteiger partial charge in [0, 0.05) is 6.20 Å². The van der Waals surface area contributed by atoms with Crippen LogP contribution in [0, 0.1) is 11.3 Å². The van der Waals surface area contributed by atoms with E-state index in [9.17, 15) is 13.2 Å². The summed E-state index contributed by atoms with van der Waals surface area (Å²) in [6, 6.07) is 3.76. The number of hydrogen-bond acceptors (Lipinski definition) is 3. The summed E-state index contributed by atoms with van der Waals surface area (Å²) in [6.45, 7) is 0. The summed E-state index contributed by atoms with van der Waals surface area (Å²) in [5.74, 6) is -0.586. The van der Waals surface area contributed by atoms with E-state index in [1.165, 1.54) is 18.3 Å². The Morgan fingerprint density at radius 2 is 2.15 bits per heavy atom. The molecule has 0 bridgehead atoms. The van der Waals surface area contributed by atoms with Crippen LogP contribution in [0.1, 0.15) is 5.69 Å². The smallest absolute Gasteiger partial charge is 0.403 e. The molecular formula is C7H3F3N2O. The minimum Gasteiger partial charge on any atom is -0.403 e. The van der Waals surface area contributed by atoms with Gasteiger partial charge in [0.1, 0.15) is 6.07 Å². The highest BCUT2D eigenvalue weighted by atomic mass is 19.4. The van der Waals surface area contributed by atoms with Gasteiger partial charge in [-0.15, -0.1) is 13.2 Å². The number of hydrogen-bond donors (Lipinski definition) is 0. The molecule has 0 aromatic carbocycles. The average Bonchev–Trinajstić information content (AvgIpc) is 2.02. The van der Waals surface area contributed by atoms with Gasteiger partial charge in [0.25, 0.3) is 0 Å². The third kappa shape index (κ3) is 2.63. The normalized spacial score (nSPS) is 10.6. The molecule has 0 spiro atoms. The summed E-state index contributed by atoms with van der Waals surface area (Å²) in [6.07, 6.45) is -3.59. The number of aromatic nitrogens is 1. The van der Waals surface area contributed by atoms with E-state index in [0.29, 0.717) is 0 Å². The molecule has 0 amide bonds. The maximum atomic E-state index is 11.7. The fraction of sp³-hybridized carbons (Fsp3) is 0.143. The second-order valence-electron chi connectivity index (χ2n) is 2.01. The van der Waals surface area contributed by atoms with Gasteiger partial charge in [0.2, 0.25) is 0 Å². The number of nitrogens with zero attached hydrogens (tertiary/aromatic N) is 2. The van der Waals surface area contributed by atoms with Gasteiger partial charge in [-0.1, -0.05) is 0 Å². The maximum absolute atomic E-state index is 11.7. The van der Waals surface area contributed by atoms with Crippen molar-refractivity contribution in [2.45, 2.75) is 6.36 Å². The number of alkyl halides is 3. The summed E-state index contributed by atoms with van der Waals surface area (Å²) < 4.78 is 38.6. The van der Waals surface area contributed by atoms with E-state index in [1.807, 2.05) is 0 Å². The Bertz CT molecular complexity index is 342. The molecular weight excluding hydrogens is 185 g/mol. The Balaban J connectivity index is 2.96. The standard InChI is InChI=1S/C7H3F3N2O/c8-7(9,10)13-6-2-1-3-12-5(6)4-11/h1-3H. The summed E-state index contributed by atoms with van der Waals surface area (Å²) in [5.41, 5.74) is -0.389. The van der Waals surface area contributed by atoms with Crippen LogP contribution in [-0.2, 0) is 0 Å². The molecule has 0 N–H and O–H groups in total. The fourth-order valence-electron chi connectivity index (χ4n) is 0.682. The minimum atomic E-state index is -4.80. The van der Waals surface area contributed by atoms with Crippen LogP contribution in [0.2, 0.25) is 0 Å². The lowest BCUT2D eigenvalue weighted by Crippen LogP contribution is -2.18. The lowest BCUT2D eigenvalue weighted by atomic mass is 10.3. The molecule has 1 aromatic heterocycles. The van der Waals surface area contributed by atoms with Gasteiger partial charge in [0.05, 0.1) is 0 Å². The van der Waals surface area contributed by atoms with E-state index >= 15 is 0 Å². The van der Waals surface area contributed by atoms with Crippen molar-refractivity contribution in [3.05, 3.63) is 24.0 Å². The predicted octanol–water partition coefficient (Wildman–Crippen LogP) is 1.85. The molecule has 1 heterocycles. The van der Waals surface area contributed by atoms with Crippen LogP contribution >= 0.6 is 0 Å². The van der Waals surface area contributed by atoms with Gasteiger partial charge in [0.15, 0.2) is 11.4 Å². The van der Waals surface area contributed by atoms with Gasteiger partial charge in [-0.25, -0.2) is 4.98 Å². The van der Waals surface area contributed by atoms with Crippen molar-refractivity contribution < 1.29 is 17.9 Å². The van der Waals surface area contributed by atoms with Crippen molar-refractivity contribution in [2.24, 2.45) is 0 Å². The van der Waals surface area contributed by atoms with Crippen molar-refractivity contribution in [2.75, 3.05) is 0 Å². The van der Waals surface area contributed by atoms with Crippen molar-refractivity contribution >= 4 is 0 Å². The maximum Gasteiger partial charge on any atom is 0.573 e. The Morgan fingerprint density at radius 3 is 2.69 bits per heavy atom. The first-order valence-corrected chi connectivity index (χ1v) is 3.14. The number of rotatable bonds is 1. The molecule has 1 aromatic rings. The van der Waals surface area contributed by atoms with E-state index in [2.05, 4.69) is 9.72 Å². The van der Waals surface area contributed by atoms with Crippen LogP contribution in [0.4, 0.5) is 13.2 Å². The zero-order valence-corrected chi connectivity index (χ0v) is 6.17. The number of nitriles is 1.